The van der Waals surface area contributed by atoms with E-state index in [-0.39, 0.29) is 11.9 Å². The van der Waals surface area contributed by atoms with Crippen LogP contribution >= 0.6 is 0 Å². The van der Waals surface area contributed by atoms with Crippen molar-refractivity contribution in [2.75, 3.05) is 7.05 Å². The van der Waals surface area contributed by atoms with Crippen molar-refractivity contribution in [1.29, 1.82) is 5.41 Å². The van der Waals surface area contributed by atoms with E-state index < -0.39 is 0 Å². The zero-order valence-corrected chi connectivity index (χ0v) is 10.7. The summed E-state index contributed by atoms with van der Waals surface area (Å²) in [6.45, 7) is 5.87. The number of carbonyl (C=O) groups excluding carboxylic acids is 1. The maximum atomic E-state index is 12.2. The Bertz CT molecular complexity index is 358. The van der Waals surface area contributed by atoms with Crippen LogP contribution in [0.2, 0.25) is 0 Å². The van der Waals surface area contributed by atoms with Gasteiger partial charge in [0.15, 0.2) is 0 Å². The summed E-state index contributed by atoms with van der Waals surface area (Å²) in [5.74, 6) is 0.520. The topological polar surface area (TPSA) is 47.4 Å². The summed E-state index contributed by atoms with van der Waals surface area (Å²) < 4.78 is 0. The summed E-state index contributed by atoms with van der Waals surface area (Å²) in [5, 5.41) is 8.20. The maximum absolute atomic E-state index is 12.2. The minimum atomic E-state index is -0.166. The standard InChI is InChI=1S/C13H21N3O/c1-4-11-13(17)15(3)9(2)12(14)16(11)10-7-5-6-8-10/h10-11,14H,2,4-8H2,1,3H3/t11-/m1/s1. The van der Waals surface area contributed by atoms with Crippen molar-refractivity contribution in [3.63, 3.8) is 0 Å². The van der Waals surface area contributed by atoms with Gasteiger partial charge in [-0.1, -0.05) is 26.3 Å². The van der Waals surface area contributed by atoms with Gasteiger partial charge in [0.1, 0.15) is 11.9 Å². The highest BCUT2D eigenvalue weighted by Crippen LogP contribution is 2.31. The lowest BCUT2D eigenvalue weighted by Gasteiger charge is -2.44. The van der Waals surface area contributed by atoms with Crippen LogP contribution in [0.4, 0.5) is 0 Å². The van der Waals surface area contributed by atoms with Gasteiger partial charge < -0.3 is 9.80 Å². The molecule has 4 heteroatoms. The van der Waals surface area contributed by atoms with Gasteiger partial charge in [-0.25, -0.2) is 0 Å². The van der Waals surface area contributed by atoms with Gasteiger partial charge in [-0.3, -0.25) is 10.2 Å². The van der Waals surface area contributed by atoms with E-state index in [1.54, 1.807) is 7.05 Å². The Morgan fingerprint density at radius 2 is 2.00 bits per heavy atom. The molecule has 0 aromatic heterocycles. The van der Waals surface area contributed by atoms with E-state index in [0.29, 0.717) is 17.6 Å². The molecule has 0 unspecified atom stereocenters. The van der Waals surface area contributed by atoms with Gasteiger partial charge >= 0.3 is 0 Å². The second kappa shape index (κ2) is 4.51. The molecule has 1 aliphatic carbocycles. The second-order valence-corrected chi connectivity index (χ2v) is 4.96. The molecule has 1 heterocycles. The van der Waals surface area contributed by atoms with Gasteiger partial charge in [0, 0.05) is 13.1 Å². The van der Waals surface area contributed by atoms with Crippen LogP contribution in [0.5, 0.6) is 0 Å². The summed E-state index contributed by atoms with van der Waals surface area (Å²) in [6, 6.07) is 0.197. The quantitative estimate of drug-likeness (QED) is 0.795. The average Bonchev–Trinajstić information content (AvgIpc) is 2.84. The van der Waals surface area contributed by atoms with E-state index in [4.69, 9.17) is 5.41 Å². The zero-order valence-electron chi connectivity index (χ0n) is 10.7. The van der Waals surface area contributed by atoms with Crippen molar-refractivity contribution in [1.82, 2.24) is 9.80 Å². The molecule has 4 nitrogen and oxygen atoms in total. The fraction of sp³-hybridized carbons (Fsp3) is 0.692. The summed E-state index contributed by atoms with van der Waals surface area (Å²) in [5.41, 5.74) is 0.534. The summed E-state index contributed by atoms with van der Waals surface area (Å²) >= 11 is 0. The van der Waals surface area contributed by atoms with Crippen molar-refractivity contribution in [3.05, 3.63) is 12.3 Å². The first-order valence-corrected chi connectivity index (χ1v) is 6.41. The Morgan fingerprint density at radius 3 is 2.53 bits per heavy atom. The molecule has 1 saturated heterocycles. The molecule has 1 saturated carbocycles. The molecule has 0 spiro atoms. The van der Waals surface area contributed by atoms with Gasteiger partial charge in [0.2, 0.25) is 5.91 Å². The number of hydrogen-bond acceptors (Lipinski definition) is 2. The average molecular weight is 235 g/mol. The molecule has 0 aromatic carbocycles. The molecule has 1 aliphatic heterocycles. The van der Waals surface area contributed by atoms with E-state index in [2.05, 4.69) is 6.58 Å². The Hall–Kier alpha value is -1.32. The van der Waals surface area contributed by atoms with Crippen LogP contribution in [-0.2, 0) is 4.79 Å². The van der Waals surface area contributed by atoms with Crippen LogP contribution in [0, 0.1) is 5.41 Å². The van der Waals surface area contributed by atoms with Crippen molar-refractivity contribution >= 4 is 11.7 Å². The molecule has 2 rings (SSSR count). The SMILES string of the molecule is C=C1C(=N)N(C2CCCC2)[C@H](CC)C(=O)N1C. The molecule has 0 radical (unpaired) electrons. The van der Waals surface area contributed by atoms with E-state index in [1.807, 2.05) is 11.8 Å². The van der Waals surface area contributed by atoms with E-state index >= 15 is 0 Å². The van der Waals surface area contributed by atoms with Gasteiger partial charge in [-0.2, -0.15) is 0 Å². The molecule has 1 amide bonds. The van der Waals surface area contributed by atoms with Crippen LogP contribution in [0.3, 0.4) is 0 Å². The number of amides is 1. The molecule has 2 fully saturated rings. The Kier molecular flexibility index (Phi) is 3.22. The number of carbonyl (C=O) groups is 1. The number of likely N-dealkylation sites (N-methyl/N-ethyl adjacent to an activating group) is 1. The highest BCUT2D eigenvalue weighted by atomic mass is 16.2. The lowest BCUT2D eigenvalue weighted by molar-refractivity contribution is -0.134. The van der Waals surface area contributed by atoms with Crippen molar-refractivity contribution in [2.24, 2.45) is 0 Å². The van der Waals surface area contributed by atoms with E-state index in [0.717, 1.165) is 19.3 Å². The minimum absolute atomic E-state index is 0.0837. The molecular formula is C13H21N3O. The molecule has 2 aliphatic rings. The number of hydrogen-bond donors (Lipinski definition) is 1. The highest BCUT2D eigenvalue weighted by molar-refractivity contribution is 6.05. The van der Waals surface area contributed by atoms with Crippen molar-refractivity contribution < 1.29 is 4.79 Å². The monoisotopic (exact) mass is 235 g/mol. The lowest BCUT2D eigenvalue weighted by atomic mass is 10.0. The molecule has 0 aromatic rings. The van der Waals surface area contributed by atoms with Gasteiger partial charge in [0.25, 0.3) is 0 Å². The smallest absolute Gasteiger partial charge is 0.249 e. The van der Waals surface area contributed by atoms with Crippen LogP contribution in [0.1, 0.15) is 39.0 Å². The predicted molar refractivity (Wildman–Crippen MR) is 67.8 cm³/mol. The molecule has 1 atom stereocenters. The fourth-order valence-corrected chi connectivity index (χ4v) is 2.93. The van der Waals surface area contributed by atoms with Crippen LogP contribution < -0.4 is 0 Å². The summed E-state index contributed by atoms with van der Waals surface area (Å²) in [7, 11) is 1.72. The third kappa shape index (κ3) is 1.85. The summed E-state index contributed by atoms with van der Waals surface area (Å²) in [6.07, 6.45) is 5.38. The van der Waals surface area contributed by atoms with Crippen LogP contribution in [-0.4, -0.2) is 40.7 Å². The number of rotatable bonds is 2. The molecule has 17 heavy (non-hydrogen) atoms. The Morgan fingerprint density at radius 1 is 1.41 bits per heavy atom. The number of amidine groups is 1. The third-order valence-electron chi connectivity index (χ3n) is 3.99. The second-order valence-electron chi connectivity index (χ2n) is 4.96. The van der Waals surface area contributed by atoms with E-state index in [1.165, 1.54) is 17.7 Å². The fourth-order valence-electron chi connectivity index (χ4n) is 2.93. The van der Waals surface area contributed by atoms with Gasteiger partial charge in [-0.05, 0) is 19.3 Å². The van der Waals surface area contributed by atoms with Crippen molar-refractivity contribution in [2.45, 2.75) is 51.1 Å². The van der Waals surface area contributed by atoms with Crippen LogP contribution in [0.25, 0.3) is 0 Å². The first kappa shape index (κ1) is 12.1. The maximum Gasteiger partial charge on any atom is 0.249 e. The molecular weight excluding hydrogens is 214 g/mol. The van der Waals surface area contributed by atoms with E-state index in [9.17, 15) is 4.79 Å². The van der Waals surface area contributed by atoms with Gasteiger partial charge in [-0.15, -0.1) is 0 Å². The lowest BCUT2D eigenvalue weighted by Crippen LogP contribution is -2.59. The number of nitrogens with one attached hydrogen (secondary N) is 1. The Labute approximate surface area is 103 Å². The highest BCUT2D eigenvalue weighted by Gasteiger charge is 2.41. The summed E-state index contributed by atoms with van der Waals surface area (Å²) in [4.78, 5) is 15.7. The Balaban J connectivity index is 2.29. The largest absolute Gasteiger partial charge is 0.340 e. The normalized spacial score (nSPS) is 27.2. The third-order valence-corrected chi connectivity index (χ3v) is 3.99. The predicted octanol–water partition coefficient (Wildman–Crippen LogP) is 1.97. The van der Waals surface area contributed by atoms with Crippen molar-refractivity contribution in [3.8, 4) is 0 Å². The van der Waals surface area contributed by atoms with Gasteiger partial charge in [0.05, 0.1) is 5.70 Å². The number of piperazine rings is 1. The minimum Gasteiger partial charge on any atom is -0.340 e. The first-order chi connectivity index (χ1) is 8.07. The molecule has 94 valence electrons. The zero-order chi connectivity index (χ0) is 12.6. The molecule has 0 bridgehead atoms. The first-order valence-electron chi connectivity index (χ1n) is 6.41. The van der Waals surface area contributed by atoms with Crippen LogP contribution in [0.15, 0.2) is 12.3 Å². The molecule has 1 N–H and O–H groups in total. The number of nitrogens with zero attached hydrogens (tertiary/aromatic N) is 2.